The van der Waals surface area contributed by atoms with Crippen molar-refractivity contribution in [2.45, 2.75) is 52.4 Å². The molecule has 0 spiro atoms. The van der Waals surface area contributed by atoms with Gasteiger partial charge in [-0.15, -0.1) is 0 Å². The summed E-state index contributed by atoms with van der Waals surface area (Å²) in [5.74, 6) is 1.56. The first kappa shape index (κ1) is 22.6. The standard InChI is InChI=1S/C25H30BrNO2Si/c1-18-14-21(26)16-27-24(18)20-12-13-22(28-17-19-10-8-7-9-11-19)23(15-20)29-30(5,6)25(2,3)4/h7-16H,17H2,1-6H3. The predicted molar refractivity (Wildman–Crippen MR) is 131 cm³/mol. The van der Waals surface area contributed by atoms with E-state index in [4.69, 9.17) is 9.16 Å². The fraction of sp³-hybridized carbons (Fsp3) is 0.320. The molecule has 0 saturated carbocycles. The number of rotatable bonds is 6. The maximum atomic E-state index is 6.69. The molecule has 0 atom stereocenters. The molecule has 3 nitrogen and oxygen atoms in total. The van der Waals surface area contributed by atoms with Crippen molar-refractivity contribution in [3.05, 3.63) is 76.4 Å². The van der Waals surface area contributed by atoms with Gasteiger partial charge in [-0.3, -0.25) is 4.98 Å². The molecular formula is C25H30BrNO2Si. The van der Waals surface area contributed by atoms with Crippen molar-refractivity contribution in [3.63, 3.8) is 0 Å². The molecule has 3 rings (SSSR count). The van der Waals surface area contributed by atoms with Crippen LogP contribution in [0.5, 0.6) is 11.5 Å². The lowest BCUT2D eigenvalue weighted by molar-refractivity contribution is 0.294. The van der Waals surface area contributed by atoms with E-state index in [9.17, 15) is 0 Å². The number of benzene rings is 2. The summed E-state index contributed by atoms with van der Waals surface area (Å²) >= 11 is 3.50. The van der Waals surface area contributed by atoms with Crippen LogP contribution in [0.15, 0.2) is 65.3 Å². The summed E-state index contributed by atoms with van der Waals surface area (Å²) in [5.41, 5.74) is 4.22. The quantitative estimate of drug-likeness (QED) is 0.335. The van der Waals surface area contributed by atoms with Crippen molar-refractivity contribution in [2.75, 3.05) is 0 Å². The van der Waals surface area contributed by atoms with Crippen LogP contribution in [-0.4, -0.2) is 13.3 Å². The van der Waals surface area contributed by atoms with Crippen molar-refractivity contribution in [2.24, 2.45) is 0 Å². The summed E-state index contributed by atoms with van der Waals surface area (Å²) in [6.07, 6.45) is 1.83. The zero-order valence-corrected chi connectivity index (χ0v) is 21.2. The van der Waals surface area contributed by atoms with E-state index < -0.39 is 8.32 Å². The average Bonchev–Trinajstić information content (AvgIpc) is 2.67. The molecule has 0 bridgehead atoms. The minimum Gasteiger partial charge on any atom is -0.541 e. The molecule has 0 aliphatic carbocycles. The van der Waals surface area contributed by atoms with Crippen LogP contribution >= 0.6 is 15.9 Å². The van der Waals surface area contributed by atoms with Gasteiger partial charge in [-0.05, 0) is 76.4 Å². The van der Waals surface area contributed by atoms with E-state index in [-0.39, 0.29) is 5.04 Å². The lowest BCUT2D eigenvalue weighted by Crippen LogP contribution is -2.43. The highest BCUT2D eigenvalue weighted by molar-refractivity contribution is 9.10. The fourth-order valence-electron chi connectivity index (χ4n) is 2.86. The summed E-state index contributed by atoms with van der Waals surface area (Å²) < 4.78 is 13.9. The molecule has 0 N–H and O–H groups in total. The van der Waals surface area contributed by atoms with Crippen molar-refractivity contribution in [1.82, 2.24) is 4.98 Å². The predicted octanol–water partition coefficient (Wildman–Crippen LogP) is 7.78. The Kier molecular flexibility index (Phi) is 6.73. The summed E-state index contributed by atoms with van der Waals surface area (Å²) in [6, 6.07) is 18.4. The van der Waals surface area contributed by atoms with E-state index in [0.29, 0.717) is 6.61 Å². The summed E-state index contributed by atoms with van der Waals surface area (Å²) in [5, 5.41) is 0.0888. The van der Waals surface area contributed by atoms with Crippen LogP contribution in [-0.2, 0) is 6.61 Å². The number of halogens is 1. The third-order valence-corrected chi connectivity index (χ3v) is 10.4. The van der Waals surface area contributed by atoms with Crippen molar-refractivity contribution < 1.29 is 9.16 Å². The van der Waals surface area contributed by atoms with Crippen molar-refractivity contribution in [3.8, 4) is 22.8 Å². The molecule has 2 aromatic carbocycles. The number of aryl methyl sites for hydroxylation is 1. The monoisotopic (exact) mass is 483 g/mol. The van der Waals surface area contributed by atoms with Gasteiger partial charge < -0.3 is 9.16 Å². The molecule has 0 radical (unpaired) electrons. The zero-order valence-electron chi connectivity index (χ0n) is 18.6. The fourth-order valence-corrected chi connectivity index (χ4v) is 4.32. The van der Waals surface area contributed by atoms with Crippen molar-refractivity contribution in [1.29, 1.82) is 0 Å². The van der Waals surface area contributed by atoms with E-state index in [2.05, 4.69) is 92.0 Å². The van der Waals surface area contributed by atoms with Gasteiger partial charge >= 0.3 is 0 Å². The molecule has 5 heteroatoms. The Labute approximate surface area is 189 Å². The second-order valence-corrected chi connectivity index (χ2v) is 14.8. The number of nitrogens with zero attached hydrogens (tertiary/aromatic N) is 1. The van der Waals surface area contributed by atoms with Gasteiger partial charge in [0.25, 0.3) is 8.32 Å². The first-order valence-electron chi connectivity index (χ1n) is 10.2. The van der Waals surface area contributed by atoms with Crippen LogP contribution in [0.2, 0.25) is 18.1 Å². The van der Waals surface area contributed by atoms with Crippen LogP contribution < -0.4 is 9.16 Å². The first-order valence-corrected chi connectivity index (χ1v) is 13.9. The molecule has 0 fully saturated rings. The minimum absolute atomic E-state index is 0.0888. The minimum atomic E-state index is -2.04. The van der Waals surface area contributed by atoms with Crippen LogP contribution in [0.1, 0.15) is 31.9 Å². The van der Waals surface area contributed by atoms with Crippen LogP contribution in [0.4, 0.5) is 0 Å². The number of aromatic nitrogens is 1. The van der Waals surface area contributed by atoms with E-state index in [1.807, 2.05) is 30.5 Å². The molecule has 0 amide bonds. The third-order valence-electron chi connectivity index (χ3n) is 5.67. The summed E-state index contributed by atoms with van der Waals surface area (Å²) in [4.78, 5) is 4.63. The van der Waals surface area contributed by atoms with Crippen LogP contribution in [0, 0.1) is 6.92 Å². The van der Waals surface area contributed by atoms with Crippen molar-refractivity contribution >= 4 is 24.2 Å². The lowest BCUT2D eigenvalue weighted by Gasteiger charge is -2.37. The molecule has 30 heavy (non-hydrogen) atoms. The maximum absolute atomic E-state index is 6.69. The zero-order chi connectivity index (χ0) is 21.9. The Morgan fingerprint density at radius 3 is 2.30 bits per heavy atom. The van der Waals surface area contributed by atoms with Gasteiger partial charge in [0.15, 0.2) is 5.75 Å². The second-order valence-electron chi connectivity index (χ2n) is 9.12. The molecule has 0 aliphatic heterocycles. The molecule has 3 aromatic rings. The van der Waals surface area contributed by atoms with E-state index in [0.717, 1.165) is 38.4 Å². The van der Waals surface area contributed by atoms with Gasteiger partial charge in [-0.25, -0.2) is 0 Å². The average molecular weight is 485 g/mol. The van der Waals surface area contributed by atoms with Gasteiger partial charge in [0, 0.05) is 16.2 Å². The molecule has 158 valence electrons. The number of hydrogen-bond donors (Lipinski definition) is 0. The Balaban J connectivity index is 1.98. The Morgan fingerprint density at radius 1 is 0.967 bits per heavy atom. The normalized spacial score (nSPS) is 12.0. The maximum Gasteiger partial charge on any atom is 0.250 e. The van der Waals surface area contributed by atoms with Gasteiger partial charge in [0.1, 0.15) is 12.4 Å². The highest BCUT2D eigenvalue weighted by Gasteiger charge is 2.39. The topological polar surface area (TPSA) is 31.4 Å². The van der Waals surface area contributed by atoms with Gasteiger partial charge in [0.2, 0.25) is 0 Å². The number of hydrogen-bond acceptors (Lipinski definition) is 3. The molecule has 0 saturated heterocycles. The van der Waals surface area contributed by atoms with Gasteiger partial charge in [-0.2, -0.15) is 0 Å². The molecule has 1 heterocycles. The Bertz CT molecular complexity index is 1010. The Morgan fingerprint density at radius 2 is 1.67 bits per heavy atom. The van der Waals surface area contributed by atoms with Gasteiger partial charge in [0.05, 0.1) is 5.69 Å². The molecule has 1 aromatic heterocycles. The second kappa shape index (κ2) is 8.94. The van der Waals surface area contributed by atoms with E-state index in [1.165, 1.54) is 0 Å². The SMILES string of the molecule is Cc1cc(Br)cnc1-c1ccc(OCc2ccccc2)c(O[Si](C)(C)C(C)(C)C)c1. The summed E-state index contributed by atoms with van der Waals surface area (Å²) in [7, 11) is -2.04. The molecular weight excluding hydrogens is 454 g/mol. The van der Waals surface area contributed by atoms with Crippen LogP contribution in [0.25, 0.3) is 11.3 Å². The van der Waals surface area contributed by atoms with E-state index in [1.54, 1.807) is 0 Å². The third kappa shape index (κ3) is 5.32. The highest BCUT2D eigenvalue weighted by Crippen LogP contribution is 2.41. The summed E-state index contributed by atoms with van der Waals surface area (Å²) in [6.45, 7) is 13.8. The molecule has 0 unspecified atom stereocenters. The number of ether oxygens (including phenoxy) is 1. The van der Waals surface area contributed by atoms with E-state index >= 15 is 0 Å². The Hall–Kier alpha value is -2.11. The smallest absolute Gasteiger partial charge is 0.250 e. The van der Waals surface area contributed by atoms with Gasteiger partial charge in [-0.1, -0.05) is 51.1 Å². The molecule has 0 aliphatic rings. The van der Waals surface area contributed by atoms with Crippen LogP contribution in [0.3, 0.4) is 0 Å². The first-order chi connectivity index (χ1) is 14.1. The lowest BCUT2D eigenvalue weighted by atomic mass is 10.1. The number of pyridine rings is 1. The highest BCUT2D eigenvalue weighted by atomic mass is 79.9. The largest absolute Gasteiger partial charge is 0.541 e.